The molecule has 2 amide bonds. The molecule has 5 nitrogen and oxygen atoms in total. The van der Waals surface area contributed by atoms with Crippen LogP contribution >= 0.6 is 0 Å². The molecule has 5 heteroatoms. The molecule has 0 saturated carbocycles. The summed E-state index contributed by atoms with van der Waals surface area (Å²) in [7, 11) is 0. The van der Waals surface area contributed by atoms with Gasteiger partial charge in [-0.3, -0.25) is 4.90 Å². The summed E-state index contributed by atoms with van der Waals surface area (Å²) in [4.78, 5) is 25.5. The SMILES string of the molecule is CCCC(C)(NC(=O)N(CC)c1ccccc1C)C(=O)O. The molecule has 1 unspecified atom stereocenters. The number of rotatable bonds is 6. The lowest BCUT2D eigenvalue weighted by Gasteiger charge is -2.30. The van der Waals surface area contributed by atoms with Crippen molar-refractivity contribution in [3.8, 4) is 0 Å². The monoisotopic (exact) mass is 292 g/mol. The van der Waals surface area contributed by atoms with Gasteiger partial charge in [-0.25, -0.2) is 9.59 Å². The summed E-state index contributed by atoms with van der Waals surface area (Å²) in [5.74, 6) is -1.02. The zero-order chi connectivity index (χ0) is 16.0. The number of benzene rings is 1. The van der Waals surface area contributed by atoms with E-state index < -0.39 is 11.5 Å². The minimum absolute atomic E-state index is 0.384. The number of hydrogen-bond donors (Lipinski definition) is 2. The molecule has 1 aromatic carbocycles. The predicted molar refractivity (Wildman–Crippen MR) is 83.7 cm³/mol. The highest BCUT2D eigenvalue weighted by atomic mass is 16.4. The number of para-hydroxylation sites is 1. The number of carbonyl (C=O) groups excluding carboxylic acids is 1. The van der Waals surface area contributed by atoms with Crippen molar-refractivity contribution in [2.75, 3.05) is 11.4 Å². The van der Waals surface area contributed by atoms with E-state index in [-0.39, 0.29) is 6.03 Å². The first kappa shape index (κ1) is 17.0. The molecule has 0 bridgehead atoms. The van der Waals surface area contributed by atoms with Crippen molar-refractivity contribution in [3.05, 3.63) is 29.8 Å². The van der Waals surface area contributed by atoms with Crippen LogP contribution in [-0.2, 0) is 4.79 Å². The third-order valence-electron chi connectivity index (χ3n) is 3.57. The largest absolute Gasteiger partial charge is 0.480 e. The van der Waals surface area contributed by atoms with E-state index in [1.54, 1.807) is 11.8 Å². The molecule has 0 fully saturated rings. The first-order chi connectivity index (χ1) is 9.85. The standard InChI is InChI=1S/C16H24N2O3/c1-5-11-16(4,14(19)20)17-15(21)18(6-2)13-10-8-7-9-12(13)3/h7-10H,5-6,11H2,1-4H3,(H,17,21)(H,19,20). The maximum absolute atomic E-state index is 12.5. The van der Waals surface area contributed by atoms with Crippen LogP contribution in [0.3, 0.4) is 0 Å². The van der Waals surface area contributed by atoms with Gasteiger partial charge in [-0.1, -0.05) is 31.5 Å². The summed E-state index contributed by atoms with van der Waals surface area (Å²) in [5, 5.41) is 12.0. The lowest BCUT2D eigenvalue weighted by atomic mass is 9.96. The normalized spacial score (nSPS) is 13.3. The molecule has 116 valence electrons. The Morgan fingerprint density at radius 2 is 1.90 bits per heavy atom. The summed E-state index contributed by atoms with van der Waals surface area (Å²) in [6.07, 6.45) is 1.07. The van der Waals surface area contributed by atoms with Crippen molar-refractivity contribution in [2.45, 2.75) is 46.1 Å². The van der Waals surface area contributed by atoms with Crippen molar-refractivity contribution < 1.29 is 14.7 Å². The van der Waals surface area contributed by atoms with Crippen LogP contribution in [0.5, 0.6) is 0 Å². The summed E-state index contributed by atoms with van der Waals surface area (Å²) in [5.41, 5.74) is 0.519. The quantitative estimate of drug-likeness (QED) is 0.846. The van der Waals surface area contributed by atoms with Gasteiger partial charge in [0.05, 0.1) is 0 Å². The van der Waals surface area contributed by atoms with Gasteiger partial charge < -0.3 is 10.4 Å². The van der Waals surface area contributed by atoms with Crippen molar-refractivity contribution >= 4 is 17.7 Å². The number of aliphatic carboxylic acids is 1. The summed E-state index contributed by atoms with van der Waals surface area (Å²) in [6, 6.07) is 7.17. The third-order valence-corrected chi connectivity index (χ3v) is 3.57. The predicted octanol–water partition coefficient (Wildman–Crippen LogP) is 3.17. The second kappa shape index (κ2) is 7.11. The van der Waals surface area contributed by atoms with E-state index in [0.29, 0.717) is 19.4 Å². The molecule has 1 rings (SSSR count). The van der Waals surface area contributed by atoms with Crippen LogP contribution in [0.2, 0.25) is 0 Å². The van der Waals surface area contributed by atoms with Gasteiger partial charge in [-0.2, -0.15) is 0 Å². The number of carboxylic acid groups (broad SMARTS) is 1. The van der Waals surface area contributed by atoms with E-state index in [2.05, 4.69) is 5.32 Å². The van der Waals surface area contributed by atoms with Gasteiger partial charge in [0.25, 0.3) is 0 Å². The Hall–Kier alpha value is -2.04. The fourth-order valence-corrected chi connectivity index (χ4v) is 2.32. The topological polar surface area (TPSA) is 69.6 Å². The van der Waals surface area contributed by atoms with Crippen LogP contribution in [0.25, 0.3) is 0 Å². The number of amides is 2. The number of aryl methyl sites for hydroxylation is 1. The molecule has 0 aliphatic rings. The van der Waals surface area contributed by atoms with Crippen LogP contribution in [0.1, 0.15) is 39.2 Å². The van der Waals surface area contributed by atoms with Crippen molar-refractivity contribution in [2.24, 2.45) is 0 Å². The average molecular weight is 292 g/mol. The molecule has 21 heavy (non-hydrogen) atoms. The van der Waals surface area contributed by atoms with Crippen LogP contribution in [-0.4, -0.2) is 29.2 Å². The number of nitrogens with one attached hydrogen (secondary N) is 1. The Morgan fingerprint density at radius 1 is 1.29 bits per heavy atom. The number of urea groups is 1. The molecule has 0 aromatic heterocycles. The minimum atomic E-state index is -1.25. The fourth-order valence-electron chi connectivity index (χ4n) is 2.32. The maximum atomic E-state index is 12.5. The van der Waals surface area contributed by atoms with Crippen LogP contribution in [0, 0.1) is 6.92 Å². The van der Waals surface area contributed by atoms with Crippen LogP contribution < -0.4 is 10.2 Å². The third kappa shape index (κ3) is 3.97. The smallest absolute Gasteiger partial charge is 0.329 e. The summed E-state index contributed by atoms with van der Waals surface area (Å²) >= 11 is 0. The van der Waals surface area contributed by atoms with Crippen molar-refractivity contribution in [1.82, 2.24) is 5.32 Å². The van der Waals surface area contributed by atoms with Gasteiger partial charge in [-0.15, -0.1) is 0 Å². The van der Waals surface area contributed by atoms with E-state index in [1.807, 2.05) is 45.0 Å². The van der Waals surface area contributed by atoms with Gasteiger partial charge in [0.1, 0.15) is 5.54 Å². The van der Waals surface area contributed by atoms with Crippen LogP contribution in [0.4, 0.5) is 10.5 Å². The molecule has 2 N–H and O–H groups in total. The van der Waals surface area contributed by atoms with Gasteiger partial charge >= 0.3 is 12.0 Å². The van der Waals surface area contributed by atoms with Gasteiger partial charge in [0, 0.05) is 12.2 Å². The lowest BCUT2D eigenvalue weighted by Crippen LogP contribution is -2.56. The van der Waals surface area contributed by atoms with Crippen molar-refractivity contribution in [1.29, 1.82) is 0 Å². The molecule has 0 aliphatic heterocycles. The summed E-state index contributed by atoms with van der Waals surface area (Å²) < 4.78 is 0. The first-order valence-electron chi connectivity index (χ1n) is 7.24. The molecule has 0 aliphatic carbocycles. The zero-order valence-electron chi connectivity index (χ0n) is 13.1. The Morgan fingerprint density at radius 3 is 2.38 bits per heavy atom. The first-order valence-corrected chi connectivity index (χ1v) is 7.24. The number of nitrogens with zero attached hydrogens (tertiary/aromatic N) is 1. The van der Waals surface area contributed by atoms with E-state index in [4.69, 9.17) is 0 Å². The number of hydrogen-bond acceptors (Lipinski definition) is 2. The van der Waals surface area contributed by atoms with Crippen molar-refractivity contribution in [3.63, 3.8) is 0 Å². The Labute approximate surface area is 126 Å². The highest BCUT2D eigenvalue weighted by Gasteiger charge is 2.35. The second-order valence-corrected chi connectivity index (χ2v) is 5.35. The average Bonchev–Trinajstić information content (AvgIpc) is 2.41. The molecule has 0 heterocycles. The van der Waals surface area contributed by atoms with Gasteiger partial charge in [0.2, 0.25) is 0 Å². The molecule has 1 aromatic rings. The molecule has 0 radical (unpaired) electrons. The Kier molecular flexibility index (Phi) is 5.76. The van der Waals surface area contributed by atoms with Gasteiger partial charge in [-0.05, 0) is 38.8 Å². The molecule has 1 atom stereocenters. The molecule has 0 spiro atoms. The van der Waals surface area contributed by atoms with E-state index >= 15 is 0 Å². The second-order valence-electron chi connectivity index (χ2n) is 5.35. The number of carbonyl (C=O) groups is 2. The molecular formula is C16H24N2O3. The maximum Gasteiger partial charge on any atom is 0.329 e. The van der Waals surface area contributed by atoms with E-state index in [9.17, 15) is 14.7 Å². The molecular weight excluding hydrogens is 268 g/mol. The van der Waals surface area contributed by atoms with E-state index in [1.165, 1.54) is 0 Å². The molecule has 0 saturated heterocycles. The Bertz CT molecular complexity index is 516. The van der Waals surface area contributed by atoms with Gasteiger partial charge in [0.15, 0.2) is 0 Å². The lowest BCUT2D eigenvalue weighted by molar-refractivity contribution is -0.144. The minimum Gasteiger partial charge on any atom is -0.480 e. The number of carboxylic acids is 1. The zero-order valence-corrected chi connectivity index (χ0v) is 13.1. The fraction of sp³-hybridized carbons (Fsp3) is 0.500. The number of anilines is 1. The van der Waals surface area contributed by atoms with E-state index in [0.717, 1.165) is 11.3 Å². The van der Waals surface area contributed by atoms with Crippen LogP contribution in [0.15, 0.2) is 24.3 Å². The Balaban J connectivity index is 2.99. The highest BCUT2D eigenvalue weighted by Crippen LogP contribution is 2.21. The highest BCUT2D eigenvalue weighted by molar-refractivity contribution is 5.96. The summed E-state index contributed by atoms with van der Waals surface area (Å²) in [6.45, 7) is 7.70.